The number of nitrogens with zero attached hydrogens (tertiary/aromatic N) is 1. The van der Waals surface area contributed by atoms with Gasteiger partial charge in [-0.2, -0.15) is 0 Å². The summed E-state index contributed by atoms with van der Waals surface area (Å²) in [5, 5.41) is 3.95. The van der Waals surface area contributed by atoms with Crippen LogP contribution in [0.4, 0.5) is 5.69 Å². The highest BCUT2D eigenvalue weighted by Crippen LogP contribution is 2.24. The van der Waals surface area contributed by atoms with Crippen molar-refractivity contribution in [1.29, 1.82) is 0 Å². The summed E-state index contributed by atoms with van der Waals surface area (Å²) in [4.78, 5) is 5.06. The van der Waals surface area contributed by atoms with Crippen LogP contribution in [0.25, 0.3) is 0 Å². The fourth-order valence-corrected chi connectivity index (χ4v) is 2.99. The number of aromatic nitrogens is 1. The van der Waals surface area contributed by atoms with Gasteiger partial charge < -0.3 is 5.32 Å². The van der Waals surface area contributed by atoms with E-state index in [0.717, 1.165) is 15.0 Å². The summed E-state index contributed by atoms with van der Waals surface area (Å²) in [7, 11) is 0. The lowest BCUT2D eigenvalue weighted by atomic mass is 10.3. The number of benzene rings is 1. The van der Waals surface area contributed by atoms with E-state index in [1.165, 1.54) is 11.3 Å². The van der Waals surface area contributed by atoms with Crippen molar-refractivity contribution in [3.63, 3.8) is 0 Å². The molecule has 84 valence electrons. The molecule has 0 radical (unpaired) electrons. The third-order valence-corrected chi connectivity index (χ3v) is 3.65. The molecule has 6 heteroatoms. The highest BCUT2D eigenvalue weighted by Gasteiger charge is 2.01. The second-order valence-corrected chi connectivity index (χ2v) is 6.14. The van der Waals surface area contributed by atoms with E-state index in [1.807, 2.05) is 18.2 Å². The summed E-state index contributed by atoms with van der Waals surface area (Å²) >= 11 is 16.5. The van der Waals surface area contributed by atoms with Gasteiger partial charge in [0.25, 0.3) is 0 Å². The monoisotopic (exact) mass is 336 g/mol. The van der Waals surface area contributed by atoms with Crippen molar-refractivity contribution in [2.45, 2.75) is 6.54 Å². The topological polar surface area (TPSA) is 24.9 Å². The zero-order chi connectivity index (χ0) is 11.5. The summed E-state index contributed by atoms with van der Waals surface area (Å²) in [6.07, 6.45) is 1.76. The van der Waals surface area contributed by atoms with E-state index in [0.29, 0.717) is 16.0 Å². The van der Waals surface area contributed by atoms with Crippen LogP contribution in [0.1, 0.15) is 4.88 Å². The number of anilines is 1. The van der Waals surface area contributed by atoms with E-state index in [4.69, 9.17) is 23.2 Å². The van der Waals surface area contributed by atoms with Gasteiger partial charge in [0.2, 0.25) is 0 Å². The van der Waals surface area contributed by atoms with Gasteiger partial charge in [-0.15, -0.1) is 11.3 Å². The van der Waals surface area contributed by atoms with Crippen molar-refractivity contribution in [2.75, 3.05) is 5.32 Å². The molecule has 0 atom stereocenters. The Morgan fingerprint density at radius 1 is 1.31 bits per heavy atom. The minimum Gasteiger partial charge on any atom is -0.380 e. The maximum absolute atomic E-state index is 5.94. The van der Waals surface area contributed by atoms with E-state index >= 15 is 0 Å². The predicted octanol–water partition coefficient (Wildman–Crippen LogP) is 4.82. The highest BCUT2D eigenvalue weighted by molar-refractivity contribution is 9.10. The van der Waals surface area contributed by atoms with Crippen molar-refractivity contribution in [1.82, 2.24) is 4.98 Å². The Bertz CT molecular complexity index is 481. The largest absolute Gasteiger partial charge is 0.380 e. The molecule has 0 amide bonds. The Morgan fingerprint density at radius 3 is 2.75 bits per heavy atom. The van der Waals surface area contributed by atoms with Crippen LogP contribution in [0.5, 0.6) is 0 Å². The fraction of sp³-hybridized carbons (Fsp3) is 0.100. The van der Waals surface area contributed by atoms with Crippen LogP contribution in [-0.4, -0.2) is 4.98 Å². The first-order chi connectivity index (χ1) is 7.63. The molecule has 1 aromatic carbocycles. The van der Waals surface area contributed by atoms with Crippen molar-refractivity contribution >= 4 is 56.2 Å². The molecule has 0 aliphatic heterocycles. The Kier molecular flexibility index (Phi) is 4.08. The average molecular weight is 338 g/mol. The Hall–Kier alpha value is -0.290. The number of nitrogens with one attached hydrogen (secondary N) is 1. The van der Waals surface area contributed by atoms with Gasteiger partial charge in [-0.3, -0.25) is 0 Å². The zero-order valence-corrected chi connectivity index (χ0v) is 11.9. The lowest BCUT2D eigenvalue weighted by Gasteiger charge is -2.05. The van der Waals surface area contributed by atoms with E-state index in [9.17, 15) is 0 Å². The summed E-state index contributed by atoms with van der Waals surface area (Å²) in [5.41, 5.74) is 0.962. The molecule has 0 aliphatic rings. The quantitative estimate of drug-likeness (QED) is 0.868. The van der Waals surface area contributed by atoms with Crippen molar-refractivity contribution in [3.05, 3.63) is 43.2 Å². The SMILES string of the molecule is Clc1cc(Br)cc(NCc2cnc(Cl)s2)c1. The molecule has 0 bridgehead atoms. The Morgan fingerprint density at radius 2 is 2.12 bits per heavy atom. The van der Waals surface area contributed by atoms with Gasteiger partial charge in [0.1, 0.15) is 0 Å². The van der Waals surface area contributed by atoms with E-state index in [2.05, 4.69) is 26.2 Å². The molecule has 1 aromatic heterocycles. The summed E-state index contributed by atoms with van der Waals surface area (Å²) in [5.74, 6) is 0. The number of hydrogen-bond acceptors (Lipinski definition) is 3. The Balaban J connectivity index is 2.04. The molecule has 0 saturated heterocycles. The first-order valence-corrected chi connectivity index (χ1v) is 6.80. The van der Waals surface area contributed by atoms with Gasteiger partial charge in [0.05, 0.1) is 6.54 Å². The van der Waals surface area contributed by atoms with E-state index in [-0.39, 0.29) is 0 Å². The molecular formula is C10H7BrCl2N2S. The van der Waals surface area contributed by atoms with Crippen LogP contribution in [0.2, 0.25) is 9.49 Å². The average Bonchev–Trinajstić information content (AvgIpc) is 2.60. The first-order valence-electron chi connectivity index (χ1n) is 4.43. The summed E-state index contributed by atoms with van der Waals surface area (Å²) < 4.78 is 1.51. The van der Waals surface area contributed by atoms with Crippen molar-refractivity contribution < 1.29 is 0 Å². The molecule has 1 N–H and O–H groups in total. The second-order valence-electron chi connectivity index (χ2n) is 3.09. The zero-order valence-electron chi connectivity index (χ0n) is 8.01. The Labute approximate surface area is 116 Å². The van der Waals surface area contributed by atoms with Crippen LogP contribution in [-0.2, 0) is 6.54 Å². The lowest BCUT2D eigenvalue weighted by molar-refractivity contribution is 1.17. The molecule has 1 heterocycles. The van der Waals surface area contributed by atoms with Gasteiger partial charge >= 0.3 is 0 Å². The maximum Gasteiger partial charge on any atom is 0.183 e. The van der Waals surface area contributed by atoms with Gasteiger partial charge in [-0.25, -0.2) is 4.98 Å². The minimum atomic E-state index is 0.559. The molecule has 0 unspecified atom stereocenters. The first kappa shape index (κ1) is 12.2. The number of hydrogen-bond donors (Lipinski definition) is 1. The molecule has 0 spiro atoms. The van der Waals surface area contributed by atoms with Crippen LogP contribution < -0.4 is 5.32 Å². The van der Waals surface area contributed by atoms with E-state index in [1.54, 1.807) is 6.20 Å². The normalized spacial score (nSPS) is 10.4. The molecule has 16 heavy (non-hydrogen) atoms. The lowest BCUT2D eigenvalue weighted by Crippen LogP contribution is -1.97. The van der Waals surface area contributed by atoms with Gasteiger partial charge in [-0.05, 0) is 18.2 Å². The molecule has 0 saturated carbocycles. The highest BCUT2D eigenvalue weighted by atomic mass is 79.9. The maximum atomic E-state index is 5.94. The number of thiazole rings is 1. The molecule has 0 aliphatic carbocycles. The van der Waals surface area contributed by atoms with Gasteiger partial charge in [0.15, 0.2) is 4.47 Å². The smallest absolute Gasteiger partial charge is 0.183 e. The third-order valence-electron chi connectivity index (χ3n) is 1.85. The van der Waals surface area contributed by atoms with Crippen LogP contribution in [0.15, 0.2) is 28.9 Å². The van der Waals surface area contributed by atoms with Crippen LogP contribution in [0.3, 0.4) is 0 Å². The van der Waals surface area contributed by atoms with Gasteiger partial charge in [-0.1, -0.05) is 39.1 Å². The molecular weight excluding hydrogens is 331 g/mol. The van der Waals surface area contributed by atoms with Crippen LogP contribution in [0, 0.1) is 0 Å². The molecule has 2 aromatic rings. The molecule has 0 fully saturated rings. The number of halogens is 3. The molecule has 2 rings (SSSR count). The van der Waals surface area contributed by atoms with Crippen molar-refractivity contribution in [3.8, 4) is 0 Å². The standard InChI is InChI=1S/C10H7BrCl2N2S/c11-6-1-7(12)3-8(2-6)14-4-9-5-15-10(13)16-9/h1-3,5,14H,4H2. The summed E-state index contributed by atoms with van der Waals surface area (Å²) in [6.45, 7) is 0.692. The van der Waals surface area contributed by atoms with Crippen molar-refractivity contribution in [2.24, 2.45) is 0 Å². The summed E-state index contributed by atoms with van der Waals surface area (Å²) in [6, 6.07) is 5.68. The predicted molar refractivity (Wildman–Crippen MR) is 73.6 cm³/mol. The van der Waals surface area contributed by atoms with Crippen LogP contribution >= 0.6 is 50.5 Å². The van der Waals surface area contributed by atoms with E-state index < -0.39 is 0 Å². The number of rotatable bonds is 3. The second kappa shape index (κ2) is 5.36. The fourth-order valence-electron chi connectivity index (χ4n) is 1.21. The third kappa shape index (κ3) is 3.35. The van der Waals surface area contributed by atoms with Gasteiger partial charge in [0, 0.05) is 26.3 Å². The minimum absolute atomic E-state index is 0.559. The molecule has 2 nitrogen and oxygen atoms in total.